The van der Waals surface area contributed by atoms with Crippen LogP contribution in [0.3, 0.4) is 0 Å². The smallest absolute Gasteiger partial charge is 0.0776 e. The van der Waals surface area contributed by atoms with Crippen LogP contribution in [-0.2, 0) is 7.05 Å². The minimum absolute atomic E-state index is 0.657. The van der Waals surface area contributed by atoms with Gasteiger partial charge in [0.25, 0.3) is 0 Å². The van der Waals surface area contributed by atoms with Crippen molar-refractivity contribution in [1.29, 1.82) is 0 Å². The summed E-state index contributed by atoms with van der Waals surface area (Å²) >= 11 is 0. The number of rotatable bonds is 2. The number of fused-ring (bicyclic) bond motifs is 3. The number of nitrogens with zero attached hydrogens (tertiary/aromatic N) is 1. The molecule has 3 aromatic rings. The molecular weight excluding hydrogens is 298 g/mol. The molecule has 0 unspecified atom stereocenters. The Morgan fingerprint density at radius 1 is 0.773 bits per heavy atom. The van der Waals surface area contributed by atoms with Crippen LogP contribution in [0.1, 0.15) is 2.74 Å². The summed E-state index contributed by atoms with van der Waals surface area (Å²) in [5.74, 6) is 0. The number of benzene rings is 2. The molecule has 0 saturated heterocycles. The zero-order valence-corrected chi connectivity index (χ0v) is 16.8. The van der Waals surface area contributed by atoms with E-state index in [2.05, 4.69) is 56.0 Å². The van der Waals surface area contributed by atoms with Gasteiger partial charge >= 0.3 is 0 Å². The first-order valence-corrected chi connectivity index (χ1v) is 15.0. The van der Waals surface area contributed by atoms with Crippen LogP contribution < -0.4 is 10.4 Å². The Balaban J connectivity index is 2.47. The molecule has 0 spiro atoms. The molecule has 0 N–H and O–H groups in total. The third-order valence-electron chi connectivity index (χ3n) is 4.49. The molecule has 1 heterocycles. The number of hydrogen-bond donors (Lipinski definition) is 0. The first-order valence-electron chi connectivity index (χ1n) is 8.95. The van der Waals surface area contributed by atoms with Gasteiger partial charge < -0.3 is 4.57 Å². The fourth-order valence-electron chi connectivity index (χ4n) is 2.95. The lowest BCUT2D eigenvalue weighted by Crippen LogP contribution is -2.37. The van der Waals surface area contributed by atoms with E-state index in [1.807, 2.05) is 19.2 Å². The minimum atomic E-state index is -1.56. The summed E-state index contributed by atoms with van der Waals surface area (Å²) in [6.45, 7) is 13.8. The zero-order chi connectivity index (χ0) is 18.0. The monoisotopic (exact) mass is 327 g/mol. The largest absolute Gasteiger partial charge is 0.344 e. The number of aryl methyl sites for hydroxylation is 1. The SMILES string of the molecule is [2H]c1cc2c(cc1[Si](C)(C)C)c1cc([Si](C)(C)C)c([2H])cc1n2C. The van der Waals surface area contributed by atoms with E-state index in [0.29, 0.717) is 12.1 Å². The Morgan fingerprint density at radius 2 is 1.14 bits per heavy atom. The van der Waals surface area contributed by atoms with Crippen LogP contribution in [0.15, 0.2) is 36.4 Å². The molecule has 0 atom stereocenters. The second-order valence-electron chi connectivity index (χ2n) is 8.35. The Labute approximate surface area is 138 Å². The Kier molecular flexibility index (Phi) is 2.89. The van der Waals surface area contributed by atoms with Crippen molar-refractivity contribution in [3.8, 4) is 0 Å². The van der Waals surface area contributed by atoms with Crippen LogP contribution in [0.25, 0.3) is 21.8 Å². The fourth-order valence-corrected chi connectivity index (χ4v) is 5.11. The summed E-state index contributed by atoms with van der Waals surface area (Å²) < 4.78 is 19.0. The highest BCUT2D eigenvalue weighted by Gasteiger charge is 2.20. The molecule has 0 aliphatic heterocycles. The van der Waals surface area contributed by atoms with E-state index in [-0.39, 0.29) is 0 Å². The van der Waals surface area contributed by atoms with Crippen molar-refractivity contribution in [3.05, 3.63) is 36.4 Å². The maximum absolute atomic E-state index is 8.45. The molecule has 0 aliphatic rings. The third-order valence-corrected chi connectivity index (χ3v) is 8.30. The summed E-state index contributed by atoms with van der Waals surface area (Å²) in [4.78, 5) is 0. The number of aromatic nitrogens is 1. The lowest BCUT2D eigenvalue weighted by Gasteiger charge is -2.17. The predicted molar refractivity (Wildman–Crippen MR) is 106 cm³/mol. The van der Waals surface area contributed by atoms with Gasteiger partial charge in [0.1, 0.15) is 0 Å². The second-order valence-corrected chi connectivity index (χ2v) is 18.4. The van der Waals surface area contributed by atoms with Gasteiger partial charge in [-0.1, -0.05) is 73.9 Å². The highest BCUT2D eigenvalue weighted by atomic mass is 28.3. The van der Waals surface area contributed by atoms with Gasteiger partial charge in [-0.2, -0.15) is 0 Å². The Hall–Kier alpha value is -1.33. The Bertz CT molecular complexity index is 883. The molecule has 0 aliphatic carbocycles. The average Bonchev–Trinajstić information content (AvgIpc) is 2.67. The van der Waals surface area contributed by atoms with Crippen molar-refractivity contribution in [2.45, 2.75) is 39.3 Å². The molecule has 0 fully saturated rings. The molecule has 1 nitrogen and oxygen atoms in total. The van der Waals surface area contributed by atoms with Gasteiger partial charge in [-0.25, -0.2) is 0 Å². The van der Waals surface area contributed by atoms with Crippen LogP contribution in [-0.4, -0.2) is 20.7 Å². The molecule has 2 aromatic carbocycles. The van der Waals surface area contributed by atoms with Crippen LogP contribution >= 0.6 is 0 Å². The molecule has 3 rings (SSSR count). The highest BCUT2D eigenvalue weighted by Crippen LogP contribution is 2.27. The van der Waals surface area contributed by atoms with Crippen molar-refractivity contribution in [3.63, 3.8) is 0 Å². The van der Waals surface area contributed by atoms with E-state index in [4.69, 9.17) is 2.74 Å². The van der Waals surface area contributed by atoms with E-state index in [9.17, 15) is 0 Å². The zero-order valence-electron chi connectivity index (χ0n) is 16.8. The molecule has 0 bridgehead atoms. The predicted octanol–water partition coefficient (Wildman–Crippen LogP) is 4.42. The van der Waals surface area contributed by atoms with Crippen molar-refractivity contribution in [2.75, 3.05) is 0 Å². The van der Waals surface area contributed by atoms with Gasteiger partial charge in [-0.3, -0.25) is 0 Å². The summed E-state index contributed by atoms with van der Waals surface area (Å²) in [6.07, 6.45) is 0. The molecule has 1 aromatic heterocycles. The van der Waals surface area contributed by atoms with Crippen molar-refractivity contribution in [1.82, 2.24) is 4.57 Å². The van der Waals surface area contributed by atoms with Gasteiger partial charge in [0.15, 0.2) is 0 Å². The molecule has 0 radical (unpaired) electrons. The van der Waals surface area contributed by atoms with Crippen molar-refractivity contribution in [2.24, 2.45) is 7.05 Å². The van der Waals surface area contributed by atoms with Crippen molar-refractivity contribution >= 4 is 48.3 Å². The van der Waals surface area contributed by atoms with Gasteiger partial charge in [-0.05, 0) is 12.1 Å². The topological polar surface area (TPSA) is 4.93 Å². The van der Waals surface area contributed by atoms with Gasteiger partial charge in [0.05, 0.1) is 18.9 Å². The molecule has 3 heteroatoms. The lowest BCUT2D eigenvalue weighted by atomic mass is 10.1. The highest BCUT2D eigenvalue weighted by molar-refractivity contribution is 6.89. The van der Waals surface area contributed by atoms with Gasteiger partial charge in [-0.15, -0.1) is 0 Å². The average molecular weight is 328 g/mol. The lowest BCUT2D eigenvalue weighted by molar-refractivity contribution is 1.01. The summed E-state index contributed by atoms with van der Waals surface area (Å²) in [7, 11) is -1.07. The normalized spacial score (nSPS) is 14.5. The molecule has 0 amide bonds. The molecule has 116 valence electrons. The van der Waals surface area contributed by atoms with Crippen LogP contribution in [0, 0.1) is 0 Å². The van der Waals surface area contributed by atoms with E-state index in [1.165, 1.54) is 21.1 Å². The van der Waals surface area contributed by atoms with Crippen molar-refractivity contribution < 1.29 is 2.74 Å². The summed E-state index contributed by atoms with van der Waals surface area (Å²) in [5.41, 5.74) is 2.20. The first-order chi connectivity index (χ1) is 10.9. The molecule has 0 saturated carbocycles. The van der Waals surface area contributed by atoms with E-state index >= 15 is 0 Å². The van der Waals surface area contributed by atoms with E-state index in [0.717, 1.165) is 11.0 Å². The van der Waals surface area contributed by atoms with Crippen LogP contribution in [0.4, 0.5) is 0 Å². The van der Waals surface area contributed by atoms with E-state index in [1.54, 1.807) is 0 Å². The van der Waals surface area contributed by atoms with Gasteiger partial charge in [0.2, 0.25) is 0 Å². The van der Waals surface area contributed by atoms with Gasteiger partial charge in [0, 0.05) is 28.9 Å². The quantitative estimate of drug-likeness (QED) is 0.614. The van der Waals surface area contributed by atoms with E-state index < -0.39 is 16.1 Å². The third kappa shape index (κ3) is 2.46. The number of hydrogen-bond acceptors (Lipinski definition) is 0. The minimum Gasteiger partial charge on any atom is -0.344 e. The fraction of sp³-hybridized carbons (Fsp3) is 0.368. The molecular formula is C19H27NSi2. The van der Waals surface area contributed by atoms with Crippen LogP contribution in [0.5, 0.6) is 0 Å². The molecule has 22 heavy (non-hydrogen) atoms. The summed E-state index contributed by atoms with van der Waals surface area (Å²) in [5, 5.41) is 4.90. The summed E-state index contributed by atoms with van der Waals surface area (Å²) in [6, 6.07) is 9.85. The first kappa shape index (κ1) is 13.1. The maximum Gasteiger partial charge on any atom is 0.0776 e. The maximum atomic E-state index is 8.45. The van der Waals surface area contributed by atoms with Crippen LogP contribution in [0.2, 0.25) is 39.3 Å². The second kappa shape index (κ2) is 4.83. The standard InChI is InChI=1S/C19H27NSi2/c1-20-18-10-8-14(21(2,3)4)12-16(18)17-13-15(22(5,6)7)9-11-19(17)20/h8-13H,1-7H3/i8D,9D. The Morgan fingerprint density at radius 3 is 1.45 bits per heavy atom.